The van der Waals surface area contributed by atoms with Gasteiger partial charge in [0.25, 0.3) is 11.5 Å². The molecule has 0 saturated carbocycles. The number of halogens is 2. The van der Waals surface area contributed by atoms with Crippen molar-refractivity contribution < 1.29 is 23.0 Å². The molecule has 216 valence electrons. The van der Waals surface area contributed by atoms with Gasteiger partial charge in [-0.3, -0.25) is 14.2 Å². The quantitative estimate of drug-likeness (QED) is 0.228. The minimum absolute atomic E-state index is 0.0157. The molecule has 0 bridgehead atoms. The number of aromatic nitrogens is 1. The zero-order valence-corrected chi connectivity index (χ0v) is 24.1. The highest BCUT2D eigenvalue weighted by atomic mass is 19.1. The van der Waals surface area contributed by atoms with Crippen LogP contribution >= 0.6 is 0 Å². The number of nitrogens with one attached hydrogen (secondary N) is 2. The lowest BCUT2D eigenvalue weighted by molar-refractivity contribution is 0.0948. The molecular formula is C32H35F2N3O4. The van der Waals surface area contributed by atoms with Crippen molar-refractivity contribution in [2.24, 2.45) is 7.05 Å². The number of benzene rings is 3. The molecule has 0 radical (unpaired) electrons. The van der Waals surface area contributed by atoms with Gasteiger partial charge in [-0.05, 0) is 60.4 Å². The molecule has 2 N–H and O–H groups in total. The molecule has 41 heavy (non-hydrogen) atoms. The third-order valence-corrected chi connectivity index (χ3v) is 6.31. The van der Waals surface area contributed by atoms with E-state index in [4.69, 9.17) is 9.47 Å². The topological polar surface area (TPSA) is 81.6 Å². The lowest BCUT2D eigenvalue weighted by atomic mass is 10.1. The van der Waals surface area contributed by atoms with E-state index in [1.807, 2.05) is 20.8 Å². The molecular weight excluding hydrogens is 528 g/mol. The highest BCUT2D eigenvalue weighted by Gasteiger charge is 2.24. The number of ether oxygens (including phenoxy) is 2. The molecule has 4 aromatic rings. The summed E-state index contributed by atoms with van der Waals surface area (Å²) in [6.45, 7) is 7.78. The summed E-state index contributed by atoms with van der Waals surface area (Å²) in [6.07, 6.45) is 0.644. The third kappa shape index (κ3) is 7.51. The Morgan fingerprint density at radius 2 is 1.61 bits per heavy atom. The van der Waals surface area contributed by atoms with Crippen LogP contribution in [0.2, 0.25) is 0 Å². The molecule has 0 fully saturated rings. The number of amides is 1. The van der Waals surface area contributed by atoms with Crippen molar-refractivity contribution >= 4 is 17.4 Å². The second-order valence-corrected chi connectivity index (χ2v) is 8.96. The molecule has 4 rings (SSSR count). The third-order valence-electron chi connectivity index (χ3n) is 6.31. The van der Waals surface area contributed by atoms with Gasteiger partial charge in [-0.1, -0.05) is 45.0 Å². The number of rotatable bonds is 9. The van der Waals surface area contributed by atoms with E-state index in [9.17, 15) is 18.4 Å². The summed E-state index contributed by atoms with van der Waals surface area (Å²) in [4.78, 5) is 26.5. The predicted octanol–water partition coefficient (Wildman–Crippen LogP) is 7.04. The Morgan fingerprint density at radius 1 is 0.927 bits per heavy atom. The smallest absolute Gasteiger partial charge is 0.259 e. The van der Waals surface area contributed by atoms with E-state index < -0.39 is 23.1 Å². The first-order valence-electron chi connectivity index (χ1n) is 13.3. The maximum atomic E-state index is 14.9. The van der Waals surface area contributed by atoms with Crippen molar-refractivity contribution in [1.29, 1.82) is 0 Å². The van der Waals surface area contributed by atoms with Crippen LogP contribution in [-0.4, -0.2) is 17.6 Å². The average Bonchev–Trinajstić information content (AvgIpc) is 2.98. The fourth-order valence-corrected chi connectivity index (χ4v) is 3.95. The standard InChI is InChI=1S/C30H29F2N3O4.C2H6/c1-5-19-9-13-24(23(32)14-19)34-29-28(30(37)33-17-20-7-11-22(38-4)12-8-20)26(16-27(36)35(29)3)39-25-15-21(31)10-6-18(25)2;1-2/h6-16,34H,5,17H2,1-4H3,(H,33,37);1-2H3. The van der Waals surface area contributed by atoms with E-state index in [2.05, 4.69) is 10.6 Å². The summed E-state index contributed by atoms with van der Waals surface area (Å²) in [5.74, 6) is -0.948. The van der Waals surface area contributed by atoms with Crippen molar-refractivity contribution in [1.82, 2.24) is 9.88 Å². The van der Waals surface area contributed by atoms with Gasteiger partial charge in [-0.2, -0.15) is 0 Å². The normalized spacial score (nSPS) is 10.3. The predicted molar refractivity (Wildman–Crippen MR) is 157 cm³/mol. The average molecular weight is 564 g/mol. The SMILES string of the molecule is CC.CCc1ccc(Nc2c(C(=O)NCc3ccc(OC)cc3)c(Oc3cc(F)ccc3C)cc(=O)n2C)c(F)c1. The first-order valence-corrected chi connectivity index (χ1v) is 13.3. The number of anilines is 2. The molecule has 7 nitrogen and oxygen atoms in total. The van der Waals surface area contributed by atoms with Crippen LogP contribution in [0.4, 0.5) is 20.3 Å². The summed E-state index contributed by atoms with van der Waals surface area (Å²) in [7, 11) is 3.02. The van der Waals surface area contributed by atoms with Crippen molar-refractivity contribution in [2.45, 2.75) is 40.7 Å². The number of hydrogen-bond donors (Lipinski definition) is 2. The summed E-state index contributed by atoms with van der Waals surface area (Å²) in [5.41, 5.74) is 1.70. The molecule has 9 heteroatoms. The van der Waals surface area contributed by atoms with Crippen LogP contribution in [0.1, 0.15) is 47.8 Å². The van der Waals surface area contributed by atoms with E-state index in [0.717, 1.165) is 17.2 Å². The molecule has 0 unspecified atom stereocenters. The first-order chi connectivity index (χ1) is 19.7. The Hall–Kier alpha value is -4.66. The minimum Gasteiger partial charge on any atom is -0.497 e. The summed E-state index contributed by atoms with van der Waals surface area (Å²) >= 11 is 0. The fraction of sp³-hybridized carbons (Fsp3) is 0.250. The fourth-order valence-electron chi connectivity index (χ4n) is 3.95. The summed E-state index contributed by atoms with van der Waals surface area (Å²) in [5, 5.41) is 5.73. The number of nitrogens with zero attached hydrogens (tertiary/aromatic N) is 1. The lowest BCUT2D eigenvalue weighted by Crippen LogP contribution is -2.29. The van der Waals surface area contributed by atoms with E-state index in [1.54, 1.807) is 50.4 Å². The van der Waals surface area contributed by atoms with Gasteiger partial charge in [0.1, 0.15) is 40.3 Å². The van der Waals surface area contributed by atoms with Gasteiger partial charge in [0.2, 0.25) is 0 Å². The molecule has 0 atom stereocenters. The largest absolute Gasteiger partial charge is 0.497 e. The van der Waals surface area contributed by atoms with E-state index in [0.29, 0.717) is 17.7 Å². The Labute approximate surface area is 238 Å². The van der Waals surface area contributed by atoms with Crippen LogP contribution in [0.25, 0.3) is 0 Å². The van der Waals surface area contributed by atoms with Crippen molar-refractivity contribution in [3.8, 4) is 17.2 Å². The van der Waals surface area contributed by atoms with Crippen LogP contribution in [0.15, 0.2) is 71.5 Å². The van der Waals surface area contributed by atoms with Crippen LogP contribution in [0.5, 0.6) is 17.2 Å². The molecule has 1 aromatic heterocycles. The van der Waals surface area contributed by atoms with Gasteiger partial charge in [-0.15, -0.1) is 0 Å². The molecule has 0 aliphatic carbocycles. The van der Waals surface area contributed by atoms with Gasteiger partial charge < -0.3 is 20.1 Å². The zero-order valence-electron chi connectivity index (χ0n) is 24.1. The highest BCUT2D eigenvalue weighted by Crippen LogP contribution is 2.33. The van der Waals surface area contributed by atoms with E-state index in [1.165, 1.54) is 35.9 Å². The summed E-state index contributed by atoms with van der Waals surface area (Å²) < 4.78 is 41.2. The van der Waals surface area contributed by atoms with Gasteiger partial charge in [-0.25, -0.2) is 8.78 Å². The Kier molecular flexibility index (Phi) is 10.6. The van der Waals surface area contributed by atoms with Crippen molar-refractivity contribution in [3.05, 3.63) is 111 Å². The monoisotopic (exact) mass is 563 g/mol. The zero-order chi connectivity index (χ0) is 30.1. The Bertz CT molecular complexity index is 1570. The number of carbonyl (C=O) groups excluding carboxylic acids is 1. The molecule has 1 heterocycles. The van der Waals surface area contributed by atoms with Crippen LogP contribution in [0, 0.1) is 18.6 Å². The molecule has 0 aliphatic rings. The maximum Gasteiger partial charge on any atom is 0.259 e. The van der Waals surface area contributed by atoms with Gasteiger partial charge in [0.05, 0.1) is 12.8 Å². The van der Waals surface area contributed by atoms with E-state index in [-0.39, 0.29) is 35.1 Å². The van der Waals surface area contributed by atoms with Gasteiger partial charge >= 0.3 is 0 Å². The van der Waals surface area contributed by atoms with Crippen LogP contribution < -0.4 is 25.7 Å². The molecule has 0 saturated heterocycles. The van der Waals surface area contributed by atoms with E-state index >= 15 is 0 Å². The van der Waals surface area contributed by atoms with Crippen LogP contribution in [0.3, 0.4) is 0 Å². The first kappa shape index (κ1) is 30.9. The van der Waals surface area contributed by atoms with Crippen LogP contribution in [-0.2, 0) is 20.0 Å². The second-order valence-electron chi connectivity index (χ2n) is 8.96. The van der Waals surface area contributed by atoms with Gasteiger partial charge in [0, 0.05) is 25.7 Å². The number of methoxy groups -OCH3 is 1. The summed E-state index contributed by atoms with van der Waals surface area (Å²) in [6, 6.07) is 17.0. The number of carbonyl (C=O) groups is 1. The maximum absolute atomic E-state index is 14.9. The molecule has 0 spiro atoms. The molecule has 0 aliphatic heterocycles. The highest BCUT2D eigenvalue weighted by molar-refractivity contribution is 6.02. The molecule has 3 aromatic carbocycles. The number of aryl methyl sites for hydroxylation is 2. The number of hydrogen-bond acceptors (Lipinski definition) is 5. The van der Waals surface area contributed by atoms with Gasteiger partial charge in [0.15, 0.2) is 0 Å². The minimum atomic E-state index is -0.585. The number of pyridine rings is 1. The lowest BCUT2D eigenvalue weighted by Gasteiger charge is -2.20. The Balaban J connectivity index is 0.00000226. The van der Waals surface area contributed by atoms with Crippen molar-refractivity contribution in [2.75, 3.05) is 12.4 Å². The second kappa shape index (κ2) is 14.1. The Morgan fingerprint density at radius 3 is 2.24 bits per heavy atom. The van der Waals surface area contributed by atoms with Crippen molar-refractivity contribution in [3.63, 3.8) is 0 Å². The molecule has 1 amide bonds.